The highest BCUT2D eigenvalue weighted by Crippen LogP contribution is 2.19. The smallest absolute Gasteiger partial charge is 0.270 e. The van der Waals surface area contributed by atoms with Gasteiger partial charge in [-0.15, -0.1) is 0 Å². The van der Waals surface area contributed by atoms with Gasteiger partial charge in [0.15, 0.2) is 9.84 Å². The van der Waals surface area contributed by atoms with E-state index in [0.717, 1.165) is 18.2 Å². The number of para-hydroxylation sites is 1. The van der Waals surface area contributed by atoms with E-state index in [4.69, 9.17) is 0 Å². The monoisotopic (exact) mass is 395 g/mol. The van der Waals surface area contributed by atoms with Gasteiger partial charge in [-0.25, -0.2) is 17.2 Å². The first-order chi connectivity index (χ1) is 12.7. The van der Waals surface area contributed by atoms with E-state index in [-0.39, 0.29) is 22.8 Å². The second kappa shape index (κ2) is 7.39. The lowest BCUT2D eigenvalue weighted by atomic mass is 10.2. The van der Waals surface area contributed by atoms with Gasteiger partial charge in [0.05, 0.1) is 11.5 Å². The average molecular weight is 395 g/mol. The van der Waals surface area contributed by atoms with Crippen LogP contribution in [0.4, 0.5) is 14.5 Å². The van der Waals surface area contributed by atoms with Crippen molar-refractivity contribution in [2.75, 3.05) is 16.8 Å². The van der Waals surface area contributed by atoms with Crippen LogP contribution in [-0.4, -0.2) is 42.8 Å². The fraction of sp³-hybridized carbons (Fsp3) is 0.235. The molecular formula is C17H15F2N3O4S. The van der Waals surface area contributed by atoms with Gasteiger partial charge in [0.2, 0.25) is 0 Å². The van der Waals surface area contributed by atoms with Crippen LogP contribution in [-0.2, 0) is 9.84 Å². The number of benzene rings is 1. The number of aromatic nitrogens is 1. The number of hydrogen-bond donors (Lipinski definition) is 2. The maximum Gasteiger partial charge on any atom is 0.270 e. The number of halogens is 2. The van der Waals surface area contributed by atoms with Crippen LogP contribution in [0.3, 0.4) is 0 Å². The van der Waals surface area contributed by atoms with Crippen LogP contribution in [0.1, 0.15) is 27.3 Å². The van der Waals surface area contributed by atoms with E-state index >= 15 is 0 Å². The van der Waals surface area contributed by atoms with Gasteiger partial charge in [0, 0.05) is 17.8 Å². The van der Waals surface area contributed by atoms with Crippen molar-refractivity contribution in [2.45, 2.75) is 12.5 Å². The molecule has 2 heterocycles. The van der Waals surface area contributed by atoms with E-state index < -0.39 is 45.0 Å². The minimum atomic E-state index is -3.16. The van der Waals surface area contributed by atoms with Gasteiger partial charge in [0.1, 0.15) is 23.0 Å². The van der Waals surface area contributed by atoms with Crippen molar-refractivity contribution in [3.63, 3.8) is 0 Å². The Balaban J connectivity index is 1.73. The molecule has 0 saturated carbocycles. The molecule has 0 aliphatic carbocycles. The lowest BCUT2D eigenvalue weighted by molar-refractivity contribution is 0.0936. The van der Waals surface area contributed by atoms with Crippen LogP contribution in [0.25, 0.3) is 0 Å². The molecule has 1 aromatic heterocycles. The quantitative estimate of drug-likeness (QED) is 0.817. The summed E-state index contributed by atoms with van der Waals surface area (Å²) in [5, 5.41) is 4.67. The molecule has 0 radical (unpaired) electrons. The first-order valence-corrected chi connectivity index (χ1v) is 9.80. The first kappa shape index (κ1) is 18.9. The minimum absolute atomic E-state index is 0.00201. The molecule has 10 heteroatoms. The Labute approximate surface area is 153 Å². The van der Waals surface area contributed by atoms with Crippen LogP contribution >= 0.6 is 0 Å². The Morgan fingerprint density at radius 3 is 2.44 bits per heavy atom. The zero-order chi connectivity index (χ0) is 19.6. The number of carbonyl (C=O) groups excluding carboxylic acids is 2. The molecule has 2 N–H and O–H groups in total. The van der Waals surface area contributed by atoms with E-state index in [1.165, 1.54) is 18.3 Å². The van der Waals surface area contributed by atoms with E-state index in [9.17, 15) is 26.8 Å². The summed E-state index contributed by atoms with van der Waals surface area (Å²) in [5.74, 6) is -3.47. The van der Waals surface area contributed by atoms with E-state index in [0.29, 0.717) is 6.42 Å². The van der Waals surface area contributed by atoms with Crippen LogP contribution in [0.15, 0.2) is 36.5 Å². The summed E-state index contributed by atoms with van der Waals surface area (Å²) in [6, 6.07) is 5.09. The van der Waals surface area contributed by atoms with Crippen molar-refractivity contribution in [1.82, 2.24) is 10.3 Å². The Morgan fingerprint density at radius 2 is 1.81 bits per heavy atom. The summed E-state index contributed by atoms with van der Waals surface area (Å²) in [6.45, 7) is 0. The average Bonchev–Trinajstić information content (AvgIpc) is 2.96. The Bertz CT molecular complexity index is 991. The summed E-state index contributed by atoms with van der Waals surface area (Å²) in [6.07, 6.45) is 1.51. The molecule has 1 aliphatic heterocycles. The lowest BCUT2D eigenvalue weighted by Crippen LogP contribution is -2.36. The number of pyridine rings is 1. The van der Waals surface area contributed by atoms with Crippen LogP contribution in [0, 0.1) is 11.6 Å². The van der Waals surface area contributed by atoms with Crippen molar-refractivity contribution >= 4 is 27.3 Å². The molecule has 142 valence electrons. The first-order valence-electron chi connectivity index (χ1n) is 7.98. The van der Waals surface area contributed by atoms with E-state index in [1.54, 1.807) is 0 Å². The second-order valence-corrected chi connectivity index (χ2v) is 8.28. The number of rotatable bonds is 4. The Kier molecular flexibility index (Phi) is 5.17. The molecule has 1 aliphatic rings. The number of amides is 2. The second-order valence-electron chi connectivity index (χ2n) is 6.05. The molecule has 2 amide bonds. The van der Waals surface area contributed by atoms with E-state index in [1.807, 2.05) is 0 Å². The SMILES string of the molecule is O=C(Nc1c(F)cccc1F)c1ccnc(C(=O)NC2CCS(=O)(=O)C2)c1. The molecule has 3 rings (SSSR count). The van der Waals surface area contributed by atoms with Gasteiger partial charge in [-0.3, -0.25) is 14.6 Å². The molecule has 2 aromatic rings. The fourth-order valence-electron chi connectivity index (χ4n) is 2.67. The van der Waals surface area contributed by atoms with Crippen LogP contribution in [0.2, 0.25) is 0 Å². The van der Waals surface area contributed by atoms with Crippen molar-refractivity contribution in [1.29, 1.82) is 0 Å². The summed E-state index contributed by atoms with van der Waals surface area (Å²) in [4.78, 5) is 28.3. The van der Waals surface area contributed by atoms with Crippen LogP contribution < -0.4 is 10.6 Å². The Morgan fingerprint density at radius 1 is 1.11 bits per heavy atom. The molecule has 7 nitrogen and oxygen atoms in total. The fourth-order valence-corrected chi connectivity index (χ4v) is 4.34. The lowest BCUT2D eigenvalue weighted by Gasteiger charge is -2.11. The summed E-state index contributed by atoms with van der Waals surface area (Å²) >= 11 is 0. The van der Waals surface area contributed by atoms with Gasteiger partial charge in [-0.1, -0.05) is 6.07 Å². The van der Waals surface area contributed by atoms with E-state index in [2.05, 4.69) is 15.6 Å². The summed E-state index contributed by atoms with van der Waals surface area (Å²) in [5.41, 5.74) is -0.737. The number of anilines is 1. The minimum Gasteiger partial charge on any atom is -0.347 e. The van der Waals surface area contributed by atoms with Crippen LogP contribution in [0.5, 0.6) is 0 Å². The number of sulfone groups is 1. The maximum absolute atomic E-state index is 13.6. The molecule has 1 unspecified atom stereocenters. The highest BCUT2D eigenvalue weighted by molar-refractivity contribution is 7.91. The maximum atomic E-state index is 13.6. The predicted octanol–water partition coefficient (Wildman–Crippen LogP) is 1.53. The summed E-state index contributed by atoms with van der Waals surface area (Å²) < 4.78 is 50.2. The predicted molar refractivity (Wildman–Crippen MR) is 93.1 cm³/mol. The van der Waals surface area contributed by atoms with Gasteiger partial charge in [-0.05, 0) is 30.7 Å². The third-order valence-electron chi connectivity index (χ3n) is 4.02. The largest absolute Gasteiger partial charge is 0.347 e. The number of nitrogens with one attached hydrogen (secondary N) is 2. The molecule has 0 spiro atoms. The highest BCUT2D eigenvalue weighted by Gasteiger charge is 2.29. The van der Waals surface area contributed by atoms with Crippen molar-refractivity contribution in [3.8, 4) is 0 Å². The Hall–Kier alpha value is -2.88. The molecule has 1 aromatic carbocycles. The van der Waals surface area contributed by atoms with Gasteiger partial charge in [-0.2, -0.15) is 0 Å². The normalized spacial score (nSPS) is 18.1. The zero-order valence-electron chi connectivity index (χ0n) is 13.9. The van der Waals surface area contributed by atoms with Crippen molar-refractivity contribution < 1.29 is 26.8 Å². The van der Waals surface area contributed by atoms with Gasteiger partial charge >= 0.3 is 0 Å². The molecule has 1 fully saturated rings. The highest BCUT2D eigenvalue weighted by atomic mass is 32.2. The molecule has 1 atom stereocenters. The number of nitrogens with zero attached hydrogens (tertiary/aromatic N) is 1. The third kappa shape index (κ3) is 4.45. The molecule has 0 bridgehead atoms. The van der Waals surface area contributed by atoms with Crippen molar-refractivity contribution in [2.24, 2.45) is 0 Å². The standard InChI is InChI=1S/C17H15F2N3O4S/c18-12-2-1-3-13(19)15(12)22-16(23)10-4-6-20-14(8-10)17(24)21-11-5-7-27(25,26)9-11/h1-4,6,8,11H,5,7,9H2,(H,21,24)(H,22,23). The van der Waals surface area contributed by atoms with Crippen molar-refractivity contribution in [3.05, 3.63) is 59.4 Å². The van der Waals surface area contributed by atoms with Gasteiger partial charge in [0.25, 0.3) is 11.8 Å². The third-order valence-corrected chi connectivity index (χ3v) is 5.79. The summed E-state index contributed by atoms with van der Waals surface area (Å²) in [7, 11) is -3.16. The van der Waals surface area contributed by atoms with Gasteiger partial charge < -0.3 is 10.6 Å². The number of carbonyl (C=O) groups is 2. The topological polar surface area (TPSA) is 105 Å². The number of hydrogen-bond acceptors (Lipinski definition) is 5. The molecule has 27 heavy (non-hydrogen) atoms. The molecule has 1 saturated heterocycles. The molecular weight excluding hydrogens is 380 g/mol. The zero-order valence-corrected chi connectivity index (χ0v) is 14.7.